The zero-order chi connectivity index (χ0) is 23.9. The van der Waals surface area contributed by atoms with Gasteiger partial charge in [0.25, 0.3) is 5.69 Å². The summed E-state index contributed by atoms with van der Waals surface area (Å²) < 4.78 is 6.04. The molecular formula is C26H20ClN3O4. The molecule has 0 spiro atoms. The Morgan fingerprint density at radius 2 is 1.74 bits per heavy atom. The van der Waals surface area contributed by atoms with Crippen LogP contribution in [0.25, 0.3) is 10.8 Å². The summed E-state index contributed by atoms with van der Waals surface area (Å²) in [5, 5.41) is 17.8. The monoisotopic (exact) mass is 473 g/mol. The van der Waals surface area contributed by atoms with Gasteiger partial charge in [-0.1, -0.05) is 72.3 Å². The minimum absolute atomic E-state index is 0.103. The molecule has 0 aliphatic heterocycles. The molecule has 0 aliphatic carbocycles. The zero-order valence-electron chi connectivity index (χ0n) is 18.0. The van der Waals surface area contributed by atoms with Gasteiger partial charge in [-0.05, 0) is 34.5 Å². The molecule has 34 heavy (non-hydrogen) atoms. The number of amides is 1. The van der Waals surface area contributed by atoms with Crippen LogP contribution in [0.4, 0.5) is 5.69 Å². The van der Waals surface area contributed by atoms with Gasteiger partial charge in [0.2, 0.25) is 5.91 Å². The van der Waals surface area contributed by atoms with Gasteiger partial charge in [-0.15, -0.1) is 0 Å². The summed E-state index contributed by atoms with van der Waals surface area (Å²) in [6, 6.07) is 25.1. The highest BCUT2D eigenvalue weighted by Crippen LogP contribution is 2.27. The standard InChI is InChI=1S/C26H20ClN3O4/c27-21-12-9-18(10-13-21)17-34-25-14-11-19-5-1-3-7-22(19)23(25)16-28-29-26(31)15-20-6-2-4-8-24(20)30(32)33/h1-14,16H,15,17H2,(H,29,31)/b28-16+. The largest absolute Gasteiger partial charge is 0.488 e. The summed E-state index contributed by atoms with van der Waals surface area (Å²) in [5.41, 5.74) is 4.33. The Labute approximate surface area is 200 Å². The minimum Gasteiger partial charge on any atom is -0.488 e. The molecule has 0 saturated heterocycles. The van der Waals surface area contributed by atoms with Crippen LogP contribution in [0, 0.1) is 10.1 Å². The number of hydrogen-bond donors (Lipinski definition) is 1. The number of carbonyl (C=O) groups excluding carboxylic acids is 1. The number of rotatable bonds is 8. The maximum atomic E-state index is 12.4. The van der Waals surface area contributed by atoms with Gasteiger partial charge in [-0.25, -0.2) is 5.43 Å². The highest BCUT2D eigenvalue weighted by molar-refractivity contribution is 6.30. The summed E-state index contributed by atoms with van der Waals surface area (Å²) in [6.07, 6.45) is 1.36. The number of halogens is 1. The van der Waals surface area contributed by atoms with Crippen molar-refractivity contribution in [3.63, 3.8) is 0 Å². The van der Waals surface area contributed by atoms with Gasteiger partial charge in [-0.2, -0.15) is 5.10 Å². The molecule has 0 aliphatic rings. The molecule has 0 bridgehead atoms. The second-order valence-corrected chi connectivity index (χ2v) is 7.91. The maximum Gasteiger partial charge on any atom is 0.273 e. The van der Waals surface area contributed by atoms with Crippen LogP contribution in [0.15, 0.2) is 90.0 Å². The highest BCUT2D eigenvalue weighted by Gasteiger charge is 2.15. The molecule has 8 heteroatoms. The molecule has 4 rings (SSSR count). The number of carbonyl (C=O) groups is 1. The number of benzene rings is 4. The van der Waals surface area contributed by atoms with E-state index >= 15 is 0 Å². The Balaban J connectivity index is 1.53. The summed E-state index contributed by atoms with van der Waals surface area (Å²) in [6.45, 7) is 0.334. The Morgan fingerprint density at radius 3 is 2.53 bits per heavy atom. The van der Waals surface area contributed by atoms with E-state index in [1.165, 1.54) is 12.3 Å². The third-order valence-electron chi connectivity index (χ3n) is 5.16. The molecule has 0 fully saturated rings. The van der Waals surface area contributed by atoms with Crippen molar-refractivity contribution in [1.29, 1.82) is 0 Å². The molecule has 170 valence electrons. The smallest absolute Gasteiger partial charge is 0.273 e. The number of para-hydroxylation sites is 1. The van der Waals surface area contributed by atoms with Crippen LogP contribution in [-0.4, -0.2) is 17.0 Å². The van der Waals surface area contributed by atoms with Gasteiger partial charge in [-0.3, -0.25) is 14.9 Å². The van der Waals surface area contributed by atoms with Gasteiger partial charge in [0, 0.05) is 22.2 Å². The lowest BCUT2D eigenvalue weighted by atomic mass is 10.0. The molecule has 0 saturated carbocycles. The van der Waals surface area contributed by atoms with Gasteiger partial charge in [0.05, 0.1) is 17.6 Å². The average molecular weight is 474 g/mol. The van der Waals surface area contributed by atoms with Gasteiger partial charge < -0.3 is 4.74 Å². The maximum absolute atomic E-state index is 12.4. The van der Waals surface area contributed by atoms with E-state index in [4.69, 9.17) is 16.3 Å². The predicted octanol–water partition coefficient (Wildman–Crippen LogP) is 5.67. The molecule has 4 aromatic carbocycles. The molecule has 7 nitrogen and oxygen atoms in total. The quantitative estimate of drug-likeness (QED) is 0.202. The van der Waals surface area contributed by atoms with E-state index in [1.807, 2.05) is 48.5 Å². The van der Waals surface area contributed by atoms with Crippen molar-refractivity contribution in [1.82, 2.24) is 5.43 Å². The fourth-order valence-corrected chi connectivity index (χ4v) is 3.62. The first kappa shape index (κ1) is 22.9. The van der Waals surface area contributed by atoms with Gasteiger partial charge in [0.1, 0.15) is 12.4 Å². The topological polar surface area (TPSA) is 93.8 Å². The molecule has 0 atom stereocenters. The third-order valence-corrected chi connectivity index (χ3v) is 5.41. The first-order chi connectivity index (χ1) is 16.5. The molecule has 4 aromatic rings. The van der Waals surface area contributed by atoms with Crippen LogP contribution >= 0.6 is 11.6 Å². The number of fused-ring (bicyclic) bond motifs is 1. The third kappa shape index (κ3) is 5.57. The molecule has 0 aromatic heterocycles. The lowest BCUT2D eigenvalue weighted by molar-refractivity contribution is -0.385. The molecule has 0 unspecified atom stereocenters. The van der Waals surface area contributed by atoms with E-state index in [2.05, 4.69) is 10.5 Å². The van der Waals surface area contributed by atoms with E-state index in [0.29, 0.717) is 28.5 Å². The fraction of sp³-hybridized carbons (Fsp3) is 0.0769. The number of ether oxygens (including phenoxy) is 1. The van der Waals surface area contributed by atoms with Crippen LogP contribution < -0.4 is 10.2 Å². The summed E-state index contributed by atoms with van der Waals surface area (Å²) in [7, 11) is 0. The second kappa shape index (κ2) is 10.6. The van der Waals surface area contributed by atoms with E-state index in [1.54, 1.807) is 30.3 Å². The molecule has 1 amide bonds. The first-order valence-electron chi connectivity index (χ1n) is 10.4. The Morgan fingerprint density at radius 1 is 1.00 bits per heavy atom. The number of nitro benzene ring substituents is 1. The van der Waals surface area contributed by atoms with Crippen molar-refractivity contribution in [2.75, 3.05) is 0 Å². The average Bonchev–Trinajstić information content (AvgIpc) is 2.84. The van der Waals surface area contributed by atoms with E-state index < -0.39 is 10.8 Å². The summed E-state index contributed by atoms with van der Waals surface area (Å²) in [5.74, 6) is 0.139. The SMILES string of the molecule is O=C(Cc1ccccc1[N+](=O)[O-])N/N=C/c1c(OCc2ccc(Cl)cc2)ccc2ccccc12. The van der Waals surface area contributed by atoms with Crippen LogP contribution in [0.2, 0.25) is 5.02 Å². The zero-order valence-corrected chi connectivity index (χ0v) is 18.7. The molecule has 1 N–H and O–H groups in total. The second-order valence-electron chi connectivity index (χ2n) is 7.47. The van der Waals surface area contributed by atoms with Crippen molar-refractivity contribution in [2.24, 2.45) is 5.10 Å². The normalized spacial score (nSPS) is 11.0. The summed E-state index contributed by atoms with van der Waals surface area (Å²) in [4.78, 5) is 23.0. The van der Waals surface area contributed by atoms with Crippen LogP contribution in [-0.2, 0) is 17.8 Å². The van der Waals surface area contributed by atoms with Gasteiger partial charge in [0.15, 0.2) is 0 Å². The van der Waals surface area contributed by atoms with Crippen molar-refractivity contribution in [3.8, 4) is 5.75 Å². The van der Waals surface area contributed by atoms with Crippen molar-refractivity contribution >= 4 is 40.2 Å². The van der Waals surface area contributed by atoms with E-state index in [9.17, 15) is 14.9 Å². The number of nitrogens with one attached hydrogen (secondary N) is 1. The lowest BCUT2D eigenvalue weighted by Gasteiger charge is -2.12. The lowest BCUT2D eigenvalue weighted by Crippen LogP contribution is -2.20. The summed E-state index contributed by atoms with van der Waals surface area (Å²) >= 11 is 5.95. The molecule has 0 radical (unpaired) electrons. The number of hydrazone groups is 1. The minimum atomic E-state index is -0.508. The Hall–Kier alpha value is -4.23. The molecular weight excluding hydrogens is 454 g/mol. The predicted molar refractivity (Wildman–Crippen MR) is 132 cm³/mol. The Bertz CT molecular complexity index is 1370. The van der Waals surface area contributed by atoms with Crippen LogP contribution in [0.1, 0.15) is 16.7 Å². The fourth-order valence-electron chi connectivity index (χ4n) is 3.50. The number of nitrogens with zero attached hydrogens (tertiary/aromatic N) is 2. The van der Waals surface area contributed by atoms with Crippen molar-refractivity contribution < 1.29 is 14.5 Å². The van der Waals surface area contributed by atoms with Crippen LogP contribution in [0.5, 0.6) is 5.75 Å². The Kier molecular flexibility index (Phi) is 7.15. The van der Waals surface area contributed by atoms with Crippen LogP contribution in [0.3, 0.4) is 0 Å². The number of nitro groups is 1. The van der Waals surface area contributed by atoms with E-state index in [0.717, 1.165) is 16.3 Å². The van der Waals surface area contributed by atoms with Crippen molar-refractivity contribution in [2.45, 2.75) is 13.0 Å². The van der Waals surface area contributed by atoms with Gasteiger partial charge >= 0.3 is 0 Å². The molecule has 0 heterocycles. The number of hydrogen-bond acceptors (Lipinski definition) is 5. The van der Waals surface area contributed by atoms with Crippen molar-refractivity contribution in [3.05, 3.63) is 117 Å². The highest BCUT2D eigenvalue weighted by atomic mass is 35.5. The van der Waals surface area contributed by atoms with E-state index in [-0.39, 0.29) is 12.1 Å². The first-order valence-corrected chi connectivity index (χ1v) is 10.8.